The van der Waals surface area contributed by atoms with Gasteiger partial charge in [-0.2, -0.15) is 0 Å². The summed E-state index contributed by atoms with van der Waals surface area (Å²) in [5.41, 5.74) is -6.79. The lowest BCUT2D eigenvalue weighted by molar-refractivity contribution is -0.363. The van der Waals surface area contributed by atoms with Crippen molar-refractivity contribution in [3.63, 3.8) is 0 Å². The molecular formula is C109H166N2O30. The van der Waals surface area contributed by atoms with Crippen LogP contribution in [0.3, 0.4) is 0 Å². The number of carbonyl (C=O) groups excluding carboxylic acids is 6. The average molecular weight is 1980 g/mol. The van der Waals surface area contributed by atoms with Gasteiger partial charge in [-0.25, -0.2) is 19.2 Å². The van der Waals surface area contributed by atoms with Gasteiger partial charge in [-0.3, -0.25) is 9.59 Å². The highest BCUT2D eigenvalue weighted by Crippen LogP contribution is 2.50. The molecule has 141 heavy (non-hydrogen) atoms. The fourth-order valence-electron chi connectivity index (χ4n) is 22.8. The van der Waals surface area contributed by atoms with E-state index in [9.17, 15) is 44.4 Å². The van der Waals surface area contributed by atoms with Crippen molar-refractivity contribution in [3.05, 3.63) is 144 Å². The molecule has 38 atom stereocenters. The maximum absolute atomic E-state index is 15.1. The van der Waals surface area contributed by atoms with Gasteiger partial charge in [0.2, 0.25) is 0 Å². The van der Waals surface area contributed by atoms with Gasteiger partial charge in [0.15, 0.2) is 55.4 Å². The van der Waals surface area contributed by atoms with Gasteiger partial charge in [0.05, 0.1) is 131 Å². The molecule has 32 heteroatoms. The van der Waals surface area contributed by atoms with Crippen molar-refractivity contribution in [1.29, 1.82) is 0 Å². The fraction of sp³-hybridized carbons (Fsp3) is 0.725. The number of carbonyl (C=O) groups is 6. The molecule has 7 aliphatic rings. The van der Waals surface area contributed by atoms with Gasteiger partial charge in [-0.1, -0.05) is 142 Å². The Bertz CT molecular complexity index is 4620. The molecule has 4 aromatic carbocycles. The number of hydrogen-bond acceptors (Lipinski definition) is 32. The summed E-state index contributed by atoms with van der Waals surface area (Å²) in [5.74, 6) is -10.4. The van der Waals surface area contributed by atoms with E-state index in [1.165, 1.54) is 14.2 Å². The van der Waals surface area contributed by atoms with E-state index < -0.39 is 234 Å². The summed E-state index contributed by atoms with van der Waals surface area (Å²) in [6.07, 6.45) is -17.9. The number of fused-ring (bicyclic) bond motifs is 2. The molecule has 0 aliphatic carbocycles. The van der Waals surface area contributed by atoms with Crippen LogP contribution in [0, 0.1) is 47.3 Å². The molecule has 0 radical (unpaired) electrons. The minimum atomic E-state index is -1.93. The van der Waals surface area contributed by atoms with Crippen molar-refractivity contribution < 1.29 is 144 Å². The van der Waals surface area contributed by atoms with Gasteiger partial charge in [0.25, 0.3) is 0 Å². The molecule has 4 aromatic rings. The first-order valence-electron chi connectivity index (χ1n) is 50.7. The Morgan fingerprint density at radius 1 is 0.397 bits per heavy atom. The Kier molecular flexibility index (Phi) is 40.4. The number of ether oxygens (including phenoxy) is 20. The number of aliphatic hydroxyl groups is 4. The second-order valence-electron chi connectivity index (χ2n) is 42.5. The van der Waals surface area contributed by atoms with E-state index in [0.29, 0.717) is 41.5 Å². The van der Waals surface area contributed by atoms with Crippen LogP contribution in [0.2, 0.25) is 0 Å². The second-order valence-corrected chi connectivity index (χ2v) is 42.5. The van der Waals surface area contributed by atoms with Crippen LogP contribution in [0.15, 0.2) is 121 Å². The smallest absolute Gasteiger partial charge is 0.338 e. The van der Waals surface area contributed by atoms with Crippen LogP contribution in [-0.2, 0) is 104 Å². The van der Waals surface area contributed by atoms with Crippen molar-refractivity contribution in [3.8, 4) is 0 Å². The van der Waals surface area contributed by atoms with E-state index in [0.717, 1.165) is 0 Å². The number of rotatable bonds is 26. The third-order valence-corrected chi connectivity index (χ3v) is 31.4. The third-order valence-electron chi connectivity index (χ3n) is 31.4. The van der Waals surface area contributed by atoms with Crippen molar-refractivity contribution in [2.45, 2.75) is 403 Å². The SMILES string of the molecule is CC[C@H]1OC(=O)[C@H](C)[C@@H](OC2C[C@@](C)(OC)[C@@H](OC(=O)c3ccccc3)[C@H](C)O2)[C@H](C)[C@@H](OC2O[C@H](C)C[C@H](N(C)C)[C@H]2OC(=O)c2ccccc2)[C@@](C)(OC)C[C@@H](C)[C@@H]2OC(C)(C)O[C@H]([C@H]2C)[C@@]1(O)CC.CC[C@H]1OC(=O)[C@H](C)[C@@H](OC2C[C@@](C)(OC)[C@@H](OC(=O)c3ccccc3)[C@H](C)O2)[C@H](C)[C@@H](OC2O[C@H](C)C[C@H](N(C)C)[C@H]2OC(=O)c2ccccc2)[C@@](C)(OC)C[C@@H](C)[C@H](O)[C@H](C)[C@@H](O)[C@@]1(O)CC. The van der Waals surface area contributed by atoms with Crippen molar-refractivity contribution in [1.82, 2.24) is 9.80 Å². The van der Waals surface area contributed by atoms with E-state index in [1.54, 1.807) is 166 Å². The zero-order valence-corrected chi connectivity index (χ0v) is 88.9. The molecule has 7 aliphatic heterocycles. The molecule has 7 heterocycles. The van der Waals surface area contributed by atoms with Crippen LogP contribution in [0.1, 0.15) is 258 Å². The number of methoxy groups -OCH3 is 4. The minimum Gasteiger partial charge on any atom is -0.459 e. The number of likely N-dealkylation sites (N-methyl/N-ethyl adjacent to an activating group) is 2. The van der Waals surface area contributed by atoms with Gasteiger partial charge in [0.1, 0.15) is 34.6 Å². The molecule has 2 bridgehead atoms. The minimum absolute atomic E-state index is 0.0188. The number of benzene rings is 4. The number of cyclic esters (lactones) is 2. The fourth-order valence-corrected chi connectivity index (χ4v) is 22.8. The Labute approximate surface area is 836 Å². The lowest BCUT2D eigenvalue weighted by Gasteiger charge is -2.54. The zero-order valence-electron chi connectivity index (χ0n) is 88.9. The summed E-state index contributed by atoms with van der Waals surface area (Å²) >= 11 is 0. The predicted octanol–water partition coefficient (Wildman–Crippen LogP) is 14.5. The van der Waals surface area contributed by atoms with Gasteiger partial charge < -0.3 is 125 Å². The Balaban J connectivity index is 0.000000290. The number of nitrogens with zero attached hydrogens (tertiary/aromatic N) is 2. The summed E-state index contributed by atoms with van der Waals surface area (Å²) in [6.45, 7) is 40.6. The summed E-state index contributed by atoms with van der Waals surface area (Å²) in [4.78, 5) is 88.6. The Hall–Kier alpha value is -7.10. The molecule has 4 unspecified atom stereocenters. The van der Waals surface area contributed by atoms with Crippen LogP contribution >= 0.6 is 0 Å². The van der Waals surface area contributed by atoms with E-state index in [1.807, 2.05) is 153 Å². The summed E-state index contributed by atoms with van der Waals surface area (Å²) < 4.78 is 132. The second kappa shape index (κ2) is 49.1. The third kappa shape index (κ3) is 26.5. The normalized spacial score (nSPS) is 40.7. The van der Waals surface area contributed by atoms with Crippen LogP contribution in [-0.4, -0.2) is 309 Å². The van der Waals surface area contributed by atoms with Crippen LogP contribution in [0.5, 0.6) is 0 Å². The first-order valence-corrected chi connectivity index (χ1v) is 50.7. The van der Waals surface area contributed by atoms with E-state index in [2.05, 4.69) is 6.92 Å². The highest BCUT2D eigenvalue weighted by Gasteiger charge is 2.62. The van der Waals surface area contributed by atoms with Crippen molar-refractivity contribution in [2.24, 2.45) is 47.3 Å². The molecule has 792 valence electrons. The van der Waals surface area contributed by atoms with E-state index in [4.69, 9.17) is 94.7 Å². The number of aliphatic hydroxyl groups excluding tert-OH is 2. The first kappa shape index (κ1) is 116. The summed E-state index contributed by atoms with van der Waals surface area (Å²) in [6, 6.07) is 34.1. The van der Waals surface area contributed by atoms with Gasteiger partial charge in [0, 0.05) is 65.0 Å². The van der Waals surface area contributed by atoms with E-state index in [-0.39, 0.29) is 81.1 Å². The lowest BCUT2D eigenvalue weighted by atomic mass is 9.71. The number of hydrogen-bond donors (Lipinski definition) is 4. The van der Waals surface area contributed by atoms with Gasteiger partial charge in [-0.15, -0.1) is 0 Å². The predicted molar refractivity (Wildman–Crippen MR) is 524 cm³/mol. The van der Waals surface area contributed by atoms with E-state index >= 15 is 4.79 Å². The molecule has 0 spiro atoms. The van der Waals surface area contributed by atoms with Crippen LogP contribution in [0.4, 0.5) is 0 Å². The highest BCUT2D eigenvalue weighted by atomic mass is 16.8. The molecule has 7 saturated heterocycles. The summed E-state index contributed by atoms with van der Waals surface area (Å²) in [5, 5.41) is 49.1. The standard InChI is InChI=1S/C56H85NO15.C53H81NO15/c1-17-41-56(61,18-2)47-34(5)43(71-53(9,10)72-47)32(3)30-54(11,62-15)46(70-52-45(40(57(13)14)29-33(4)64-52)68-50(59)38-25-21-19-22-26-38)35(6)44(36(7)49(58)66-41)67-42-31-55(12,63-16)48(37(8)65-42)69-51(60)39-27-23-20-24-28-39;1-15-39-53(60,16-2)44(56)32(5)41(55)30(3)28-51(9,61-13)45(69-50-43(38(54(11)12)27-31(4)63-50)67-48(58)36-23-19-17-20-24-36)33(6)42(34(7)47(57)65-39)66-40-29-52(10,62-14)46(35(8)64-40)68-49(59)37-25-21-18-22-26-37/h19-28,32-37,40-48,52,61H,17-18,29-31H2,1-16H3;17-26,30-35,38-46,50,55-56,60H,15-16,27-29H2,1-14H3/t32-,33-,34+,35+,36-,37+,40+,41-,42?,43+,44+,45-,46-,47-,48+,52?,54+,55-,56-;30-,31-,32+,33+,34-,35+,38+,39-,40?,41+,42+,43-,44-,45-,46+,50?,51+,52-,53-/m11/s1. The zero-order chi connectivity index (χ0) is 104. The largest absolute Gasteiger partial charge is 0.459 e. The van der Waals surface area contributed by atoms with Crippen molar-refractivity contribution >= 4 is 35.8 Å². The monoisotopic (exact) mass is 1980 g/mol. The Morgan fingerprint density at radius 3 is 1.05 bits per heavy atom. The lowest BCUT2D eigenvalue weighted by Crippen LogP contribution is -2.65. The molecule has 0 aromatic heterocycles. The molecule has 7 fully saturated rings. The Morgan fingerprint density at radius 2 is 0.723 bits per heavy atom. The quantitative estimate of drug-likeness (QED) is 0.0335. The number of esters is 6. The molecular weight excluding hydrogens is 1820 g/mol. The molecule has 11 rings (SSSR count). The molecule has 4 N–H and O–H groups in total. The topological polar surface area (TPSA) is 374 Å². The molecule has 0 amide bonds. The summed E-state index contributed by atoms with van der Waals surface area (Å²) in [7, 11) is 13.9. The van der Waals surface area contributed by atoms with Gasteiger partial charge in [-0.05, 0) is 223 Å². The van der Waals surface area contributed by atoms with Crippen LogP contribution in [0.25, 0.3) is 0 Å². The molecule has 0 saturated carbocycles. The average Bonchev–Trinajstić information content (AvgIpc) is 0.744. The molecule has 32 nitrogen and oxygen atoms in total. The highest BCUT2D eigenvalue weighted by molar-refractivity contribution is 5.91. The van der Waals surface area contributed by atoms with Gasteiger partial charge >= 0.3 is 35.8 Å². The van der Waals surface area contributed by atoms with Crippen LogP contribution < -0.4 is 0 Å². The maximum Gasteiger partial charge on any atom is 0.338 e. The maximum atomic E-state index is 15.1. The first-order chi connectivity index (χ1) is 66.3. The van der Waals surface area contributed by atoms with Crippen molar-refractivity contribution in [2.75, 3.05) is 56.6 Å².